The zero-order valence-electron chi connectivity index (χ0n) is 10.8. The molecule has 1 N–H and O–H groups in total. The number of hydrogen-bond acceptors (Lipinski definition) is 2. The highest BCUT2D eigenvalue weighted by molar-refractivity contribution is 6.35. The van der Waals surface area contributed by atoms with Crippen molar-refractivity contribution in [1.29, 1.82) is 0 Å². The van der Waals surface area contributed by atoms with Crippen LogP contribution in [0, 0.1) is 5.82 Å². The van der Waals surface area contributed by atoms with Crippen molar-refractivity contribution in [1.82, 2.24) is 4.57 Å². The zero-order chi connectivity index (χ0) is 15.1. The van der Waals surface area contributed by atoms with E-state index in [1.165, 1.54) is 24.3 Å². The van der Waals surface area contributed by atoms with E-state index >= 15 is 0 Å². The summed E-state index contributed by atoms with van der Waals surface area (Å²) >= 11 is 6.07. The molecule has 0 bridgehead atoms. The van der Waals surface area contributed by atoms with Gasteiger partial charge in [0.15, 0.2) is 0 Å². The van der Waals surface area contributed by atoms with Gasteiger partial charge in [0, 0.05) is 12.2 Å². The molecule has 0 saturated heterocycles. The predicted molar refractivity (Wildman–Crippen MR) is 74.3 cm³/mol. The Bertz CT molecular complexity index is 753. The maximum absolute atomic E-state index is 13.8. The Morgan fingerprint density at radius 3 is 2.71 bits per heavy atom. The van der Waals surface area contributed by atoms with Crippen LogP contribution >= 0.6 is 11.6 Å². The predicted octanol–water partition coefficient (Wildman–Crippen LogP) is 3.08. The largest absolute Gasteiger partial charge is 0.481 e. The van der Waals surface area contributed by atoms with Gasteiger partial charge in [-0.3, -0.25) is 9.59 Å². The maximum atomic E-state index is 13.8. The highest BCUT2D eigenvalue weighted by Gasteiger charge is 2.34. The molecular formula is C15H11ClFNO3. The van der Waals surface area contributed by atoms with Crippen LogP contribution in [-0.4, -0.2) is 21.4 Å². The van der Waals surface area contributed by atoms with E-state index in [-0.39, 0.29) is 16.3 Å². The third-order valence-corrected chi connectivity index (χ3v) is 4.00. The van der Waals surface area contributed by atoms with Crippen molar-refractivity contribution in [3.63, 3.8) is 0 Å². The number of benzene rings is 1. The number of carboxylic acid groups (broad SMARTS) is 1. The van der Waals surface area contributed by atoms with Gasteiger partial charge in [-0.1, -0.05) is 23.7 Å². The van der Waals surface area contributed by atoms with Crippen LogP contribution in [0.4, 0.5) is 4.39 Å². The summed E-state index contributed by atoms with van der Waals surface area (Å²) in [5.74, 6) is -2.78. The van der Waals surface area contributed by atoms with Crippen LogP contribution in [0.5, 0.6) is 0 Å². The van der Waals surface area contributed by atoms with E-state index in [2.05, 4.69) is 0 Å². The van der Waals surface area contributed by atoms with E-state index in [0.717, 1.165) is 0 Å². The lowest BCUT2D eigenvalue weighted by atomic mass is 10.1. The van der Waals surface area contributed by atoms with Gasteiger partial charge in [-0.05, 0) is 24.6 Å². The minimum Gasteiger partial charge on any atom is -0.481 e. The lowest BCUT2D eigenvalue weighted by Gasteiger charge is -2.07. The molecule has 21 heavy (non-hydrogen) atoms. The number of carbonyl (C=O) groups excluding carboxylic acids is 1. The normalized spacial score (nSPS) is 16.8. The molecule has 0 radical (unpaired) electrons. The van der Waals surface area contributed by atoms with Crippen molar-refractivity contribution < 1.29 is 19.1 Å². The molecule has 0 aliphatic carbocycles. The molecular weight excluding hydrogens is 297 g/mol. The molecule has 2 heterocycles. The van der Waals surface area contributed by atoms with Crippen LogP contribution in [0.15, 0.2) is 30.3 Å². The summed E-state index contributed by atoms with van der Waals surface area (Å²) in [6.45, 7) is 0.383. The molecule has 108 valence electrons. The number of fused-ring (bicyclic) bond motifs is 1. The second kappa shape index (κ2) is 5.00. The summed E-state index contributed by atoms with van der Waals surface area (Å²) in [6.07, 6.45) is 0.402. The van der Waals surface area contributed by atoms with E-state index in [0.29, 0.717) is 18.7 Å². The molecule has 4 nitrogen and oxygen atoms in total. The van der Waals surface area contributed by atoms with Gasteiger partial charge >= 0.3 is 5.97 Å². The van der Waals surface area contributed by atoms with Crippen LogP contribution in [-0.2, 0) is 11.3 Å². The fourth-order valence-electron chi connectivity index (χ4n) is 2.72. The number of aliphatic carboxylic acids is 1. The first-order chi connectivity index (χ1) is 10.0. The Hall–Kier alpha value is -2.14. The van der Waals surface area contributed by atoms with Crippen LogP contribution in [0.3, 0.4) is 0 Å². The first-order valence-electron chi connectivity index (χ1n) is 6.41. The average Bonchev–Trinajstić information content (AvgIpc) is 2.96. The van der Waals surface area contributed by atoms with E-state index in [1.807, 2.05) is 0 Å². The smallest absolute Gasteiger partial charge is 0.312 e. The number of rotatable bonds is 3. The summed E-state index contributed by atoms with van der Waals surface area (Å²) in [4.78, 5) is 23.7. The van der Waals surface area contributed by atoms with Crippen LogP contribution in [0.1, 0.15) is 34.1 Å². The first-order valence-corrected chi connectivity index (χ1v) is 6.79. The van der Waals surface area contributed by atoms with Crippen molar-refractivity contribution in [2.45, 2.75) is 18.9 Å². The van der Waals surface area contributed by atoms with Crippen LogP contribution < -0.4 is 0 Å². The van der Waals surface area contributed by atoms with Crippen molar-refractivity contribution in [2.24, 2.45) is 0 Å². The Labute approximate surface area is 124 Å². The number of halogens is 2. The highest BCUT2D eigenvalue weighted by Crippen LogP contribution is 2.36. The molecule has 1 aromatic heterocycles. The van der Waals surface area contributed by atoms with E-state index in [1.54, 1.807) is 10.6 Å². The molecule has 2 aromatic rings. The van der Waals surface area contributed by atoms with Crippen molar-refractivity contribution in [3.05, 3.63) is 58.1 Å². The number of ketones is 1. The molecule has 1 unspecified atom stereocenters. The second-order valence-electron chi connectivity index (χ2n) is 4.91. The lowest BCUT2D eigenvalue weighted by molar-refractivity contribution is -0.138. The van der Waals surface area contributed by atoms with Gasteiger partial charge in [-0.2, -0.15) is 0 Å². The minimum absolute atomic E-state index is 0.0703. The molecule has 0 saturated carbocycles. The van der Waals surface area contributed by atoms with E-state index in [9.17, 15) is 14.0 Å². The van der Waals surface area contributed by atoms with E-state index < -0.39 is 23.5 Å². The monoisotopic (exact) mass is 307 g/mol. The number of aromatic nitrogens is 1. The topological polar surface area (TPSA) is 59.3 Å². The fourth-order valence-corrected chi connectivity index (χ4v) is 3.02. The number of nitrogens with zero attached hydrogens (tertiary/aromatic N) is 1. The standard InChI is InChI=1S/C15H11ClFNO3/c16-10-7-12-9(15(20)21)5-6-18(12)13(10)14(19)8-3-1-2-4-11(8)17/h1-4,7,9H,5-6H2,(H,20,21). The summed E-state index contributed by atoms with van der Waals surface area (Å²) in [7, 11) is 0. The molecule has 1 aliphatic heterocycles. The average molecular weight is 308 g/mol. The maximum Gasteiger partial charge on any atom is 0.312 e. The van der Waals surface area contributed by atoms with Crippen molar-refractivity contribution >= 4 is 23.4 Å². The molecule has 1 aliphatic rings. The van der Waals surface area contributed by atoms with Gasteiger partial charge < -0.3 is 9.67 Å². The summed E-state index contributed by atoms with van der Waals surface area (Å²) in [6, 6.07) is 7.14. The summed E-state index contributed by atoms with van der Waals surface area (Å²) < 4.78 is 15.3. The van der Waals surface area contributed by atoms with Crippen LogP contribution in [0.2, 0.25) is 5.02 Å². The SMILES string of the molecule is O=C(c1ccccc1F)c1c(Cl)cc2n1CCC2C(=O)O. The molecule has 1 aromatic carbocycles. The molecule has 1 atom stereocenters. The summed E-state index contributed by atoms with van der Waals surface area (Å²) in [5.41, 5.74) is 0.576. The minimum atomic E-state index is -0.951. The number of hydrogen-bond donors (Lipinski definition) is 1. The Morgan fingerprint density at radius 2 is 2.05 bits per heavy atom. The molecule has 0 amide bonds. The highest BCUT2D eigenvalue weighted by atomic mass is 35.5. The fraction of sp³-hybridized carbons (Fsp3) is 0.200. The zero-order valence-corrected chi connectivity index (χ0v) is 11.6. The van der Waals surface area contributed by atoms with Crippen LogP contribution in [0.25, 0.3) is 0 Å². The molecule has 6 heteroatoms. The third kappa shape index (κ3) is 2.14. The molecule has 0 spiro atoms. The van der Waals surface area contributed by atoms with Crippen molar-refractivity contribution in [3.8, 4) is 0 Å². The Kier molecular flexibility index (Phi) is 3.29. The van der Waals surface area contributed by atoms with Gasteiger partial charge in [0.1, 0.15) is 11.5 Å². The van der Waals surface area contributed by atoms with E-state index in [4.69, 9.17) is 16.7 Å². The third-order valence-electron chi connectivity index (χ3n) is 3.71. The van der Waals surface area contributed by atoms with Gasteiger partial charge in [0.2, 0.25) is 5.78 Å². The van der Waals surface area contributed by atoms with Gasteiger partial charge in [-0.25, -0.2) is 4.39 Å². The van der Waals surface area contributed by atoms with Gasteiger partial charge in [0.25, 0.3) is 0 Å². The summed E-state index contributed by atoms with van der Waals surface area (Å²) in [5, 5.41) is 9.32. The lowest BCUT2D eigenvalue weighted by Crippen LogP contribution is -2.11. The van der Waals surface area contributed by atoms with Gasteiger partial charge in [-0.15, -0.1) is 0 Å². The Morgan fingerprint density at radius 1 is 1.33 bits per heavy atom. The molecule has 0 fully saturated rings. The second-order valence-corrected chi connectivity index (χ2v) is 5.31. The molecule has 3 rings (SSSR count). The number of carbonyl (C=O) groups is 2. The Balaban J connectivity index is 2.09. The van der Waals surface area contributed by atoms with Gasteiger partial charge in [0.05, 0.1) is 16.5 Å². The van der Waals surface area contributed by atoms with Crippen molar-refractivity contribution in [2.75, 3.05) is 0 Å². The first kappa shape index (κ1) is 13.8. The quantitative estimate of drug-likeness (QED) is 0.887. The number of carboxylic acids is 1.